The lowest BCUT2D eigenvalue weighted by atomic mass is 10.1. The Balaban J connectivity index is 2.40. The van der Waals surface area contributed by atoms with Crippen molar-refractivity contribution in [2.24, 2.45) is 0 Å². The normalized spacial score (nSPS) is 15.3. The topological polar surface area (TPSA) is 9.23 Å². The molecule has 1 aromatic rings. The minimum atomic E-state index is 0.816. The van der Waals surface area contributed by atoms with Gasteiger partial charge in [0.2, 0.25) is 0 Å². The molecule has 0 atom stereocenters. The molecular weight excluding hydrogens is 160 g/mol. The number of benzene rings is 1. The Labute approximate surface area is 79.0 Å². The van der Waals surface area contributed by atoms with E-state index in [1.807, 2.05) is 12.1 Å². The van der Waals surface area contributed by atoms with Gasteiger partial charge in [0.05, 0.1) is 6.61 Å². The van der Waals surface area contributed by atoms with Crippen LogP contribution in [0.1, 0.15) is 25.3 Å². The van der Waals surface area contributed by atoms with E-state index in [9.17, 15) is 0 Å². The number of ether oxygens (including phenoxy) is 1. The Morgan fingerprint density at radius 3 is 3.00 bits per heavy atom. The second-order valence-corrected chi connectivity index (χ2v) is 3.29. The third-order valence-corrected chi connectivity index (χ3v) is 2.41. The zero-order chi connectivity index (χ0) is 9.10. The summed E-state index contributed by atoms with van der Waals surface area (Å²) in [6.07, 6.45) is 4.44. The maximum absolute atomic E-state index is 5.63. The SMILES string of the molecule is CCC1=Cc2ccccc2OCC1. The second kappa shape index (κ2) is 3.65. The van der Waals surface area contributed by atoms with Gasteiger partial charge in [-0.1, -0.05) is 36.8 Å². The number of hydrogen-bond acceptors (Lipinski definition) is 1. The van der Waals surface area contributed by atoms with Gasteiger partial charge in [-0.25, -0.2) is 0 Å². The third kappa shape index (κ3) is 1.74. The lowest BCUT2D eigenvalue weighted by Crippen LogP contribution is -1.96. The molecule has 1 aliphatic heterocycles. The molecule has 0 aromatic heterocycles. The van der Waals surface area contributed by atoms with Crippen LogP contribution >= 0.6 is 0 Å². The van der Waals surface area contributed by atoms with E-state index in [4.69, 9.17) is 4.74 Å². The minimum Gasteiger partial charge on any atom is -0.493 e. The highest BCUT2D eigenvalue weighted by Crippen LogP contribution is 2.26. The maximum Gasteiger partial charge on any atom is 0.126 e. The van der Waals surface area contributed by atoms with Gasteiger partial charge in [-0.05, 0) is 12.5 Å². The summed E-state index contributed by atoms with van der Waals surface area (Å²) in [6, 6.07) is 8.21. The van der Waals surface area contributed by atoms with Crippen LogP contribution in [0.5, 0.6) is 5.75 Å². The van der Waals surface area contributed by atoms with Gasteiger partial charge in [-0.2, -0.15) is 0 Å². The highest BCUT2D eigenvalue weighted by molar-refractivity contribution is 5.60. The molecule has 1 aliphatic rings. The Hall–Kier alpha value is -1.24. The highest BCUT2D eigenvalue weighted by atomic mass is 16.5. The van der Waals surface area contributed by atoms with Gasteiger partial charge in [0.25, 0.3) is 0 Å². The van der Waals surface area contributed by atoms with Crippen LogP contribution in [0.3, 0.4) is 0 Å². The highest BCUT2D eigenvalue weighted by Gasteiger charge is 2.06. The molecule has 0 aliphatic carbocycles. The molecule has 0 unspecified atom stereocenters. The Morgan fingerprint density at radius 2 is 2.15 bits per heavy atom. The van der Waals surface area contributed by atoms with Gasteiger partial charge >= 0.3 is 0 Å². The van der Waals surface area contributed by atoms with Gasteiger partial charge < -0.3 is 4.74 Å². The van der Waals surface area contributed by atoms with E-state index in [0.29, 0.717) is 0 Å². The Bertz CT molecular complexity index is 326. The second-order valence-electron chi connectivity index (χ2n) is 3.29. The van der Waals surface area contributed by atoms with Gasteiger partial charge in [-0.15, -0.1) is 0 Å². The van der Waals surface area contributed by atoms with E-state index >= 15 is 0 Å². The molecule has 1 heterocycles. The molecule has 0 saturated carbocycles. The average Bonchev–Trinajstić information content (AvgIpc) is 2.38. The molecule has 2 rings (SSSR count). The quantitative estimate of drug-likeness (QED) is 0.635. The van der Waals surface area contributed by atoms with E-state index < -0.39 is 0 Å². The van der Waals surface area contributed by atoms with Crippen LogP contribution in [-0.2, 0) is 0 Å². The van der Waals surface area contributed by atoms with Crippen LogP contribution in [0.4, 0.5) is 0 Å². The van der Waals surface area contributed by atoms with Crippen molar-refractivity contribution in [1.82, 2.24) is 0 Å². The summed E-state index contributed by atoms with van der Waals surface area (Å²) in [5.74, 6) is 1.02. The summed E-state index contributed by atoms with van der Waals surface area (Å²) < 4.78 is 5.63. The van der Waals surface area contributed by atoms with E-state index in [2.05, 4.69) is 25.1 Å². The van der Waals surface area contributed by atoms with Gasteiger partial charge in [0.15, 0.2) is 0 Å². The summed E-state index contributed by atoms with van der Waals surface area (Å²) in [5.41, 5.74) is 2.70. The molecule has 68 valence electrons. The summed E-state index contributed by atoms with van der Waals surface area (Å²) >= 11 is 0. The van der Waals surface area contributed by atoms with E-state index in [1.165, 1.54) is 11.1 Å². The van der Waals surface area contributed by atoms with Crippen LogP contribution in [0.25, 0.3) is 6.08 Å². The first-order valence-corrected chi connectivity index (χ1v) is 4.81. The summed E-state index contributed by atoms with van der Waals surface area (Å²) in [6.45, 7) is 3.01. The third-order valence-electron chi connectivity index (χ3n) is 2.41. The van der Waals surface area contributed by atoms with Crippen LogP contribution in [0, 0.1) is 0 Å². The average molecular weight is 174 g/mol. The number of hydrogen-bond donors (Lipinski definition) is 0. The van der Waals surface area contributed by atoms with Crippen molar-refractivity contribution >= 4 is 6.08 Å². The number of para-hydroxylation sites is 1. The zero-order valence-electron chi connectivity index (χ0n) is 7.92. The molecule has 1 heteroatoms. The zero-order valence-corrected chi connectivity index (χ0v) is 7.92. The van der Waals surface area contributed by atoms with Crippen molar-refractivity contribution in [3.63, 3.8) is 0 Å². The summed E-state index contributed by atoms with van der Waals surface area (Å²) in [7, 11) is 0. The van der Waals surface area contributed by atoms with Gasteiger partial charge in [0.1, 0.15) is 5.75 Å². The fourth-order valence-corrected chi connectivity index (χ4v) is 1.59. The van der Waals surface area contributed by atoms with E-state index in [-0.39, 0.29) is 0 Å². The molecule has 0 spiro atoms. The standard InChI is InChI=1S/C12H14O/c1-2-10-7-8-13-12-6-4-3-5-11(12)9-10/h3-6,9H,2,7-8H2,1H3. The van der Waals surface area contributed by atoms with Crippen molar-refractivity contribution in [3.05, 3.63) is 35.4 Å². The van der Waals surface area contributed by atoms with Crippen LogP contribution in [0.15, 0.2) is 29.8 Å². The fraction of sp³-hybridized carbons (Fsp3) is 0.333. The first-order chi connectivity index (χ1) is 6.40. The molecule has 0 bridgehead atoms. The smallest absolute Gasteiger partial charge is 0.126 e. The minimum absolute atomic E-state index is 0.816. The molecule has 0 N–H and O–H groups in total. The first kappa shape index (κ1) is 8.36. The lowest BCUT2D eigenvalue weighted by Gasteiger charge is -2.04. The molecule has 0 amide bonds. The van der Waals surface area contributed by atoms with Crippen LogP contribution in [0.2, 0.25) is 0 Å². The molecule has 1 aromatic carbocycles. The van der Waals surface area contributed by atoms with Crippen LogP contribution < -0.4 is 4.74 Å². The monoisotopic (exact) mass is 174 g/mol. The van der Waals surface area contributed by atoms with Crippen molar-refractivity contribution in [2.45, 2.75) is 19.8 Å². The van der Waals surface area contributed by atoms with Gasteiger partial charge in [-0.3, -0.25) is 0 Å². The number of rotatable bonds is 1. The predicted molar refractivity (Wildman–Crippen MR) is 54.8 cm³/mol. The molecule has 1 nitrogen and oxygen atoms in total. The predicted octanol–water partition coefficient (Wildman–Crippen LogP) is 3.26. The Morgan fingerprint density at radius 1 is 1.31 bits per heavy atom. The van der Waals surface area contributed by atoms with E-state index in [1.54, 1.807) is 0 Å². The van der Waals surface area contributed by atoms with Crippen molar-refractivity contribution in [1.29, 1.82) is 0 Å². The van der Waals surface area contributed by atoms with Crippen LogP contribution in [-0.4, -0.2) is 6.61 Å². The molecular formula is C12H14O. The van der Waals surface area contributed by atoms with Crippen molar-refractivity contribution in [2.75, 3.05) is 6.61 Å². The molecule has 0 saturated heterocycles. The Kier molecular flexibility index (Phi) is 2.35. The van der Waals surface area contributed by atoms with Crippen molar-refractivity contribution in [3.8, 4) is 5.75 Å². The molecule has 0 fully saturated rings. The summed E-state index contributed by atoms with van der Waals surface area (Å²) in [5, 5.41) is 0. The summed E-state index contributed by atoms with van der Waals surface area (Å²) in [4.78, 5) is 0. The number of fused-ring (bicyclic) bond motifs is 1. The molecule has 13 heavy (non-hydrogen) atoms. The molecule has 0 radical (unpaired) electrons. The maximum atomic E-state index is 5.63. The van der Waals surface area contributed by atoms with Gasteiger partial charge in [0, 0.05) is 12.0 Å². The lowest BCUT2D eigenvalue weighted by molar-refractivity contribution is 0.323. The largest absolute Gasteiger partial charge is 0.493 e. The fourth-order valence-electron chi connectivity index (χ4n) is 1.59. The van der Waals surface area contributed by atoms with Crippen molar-refractivity contribution < 1.29 is 4.74 Å². The van der Waals surface area contributed by atoms with E-state index in [0.717, 1.165) is 25.2 Å². The first-order valence-electron chi connectivity index (χ1n) is 4.81.